The Hall–Kier alpha value is -4.45. The molecule has 0 spiro atoms. The third-order valence-corrected chi connectivity index (χ3v) is 11.8. The van der Waals surface area contributed by atoms with Crippen molar-refractivity contribution < 1.29 is 42.0 Å². The molecule has 0 radical (unpaired) electrons. The lowest BCUT2D eigenvalue weighted by Gasteiger charge is -2.67. The van der Waals surface area contributed by atoms with Crippen molar-refractivity contribution in [3.8, 4) is 17.1 Å². The van der Waals surface area contributed by atoms with Crippen molar-refractivity contribution in [2.75, 3.05) is 6.61 Å². The molecule has 4 heterocycles. The van der Waals surface area contributed by atoms with E-state index in [0.29, 0.717) is 30.4 Å². The van der Waals surface area contributed by atoms with Gasteiger partial charge in [0.15, 0.2) is 6.29 Å². The number of aromatic nitrogens is 1. The van der Waals surface area contributed by atoms with E-state index < -0.39 is 64.1 Å². The molecule has 2 aliphatic heterocycles. The molecule has 3 fully saturated rings. The lowest BCUT2D eigenvalue weighted by molar-refractivity contribution is -0.330. The van der Waals surface area contributed by atoms with Gasteiger partial charge in [0.2, 0.25) is 0 Å². The Balaban J connectivity index is 1.21. The number of hydrogen-bond donors (Lipinski definition) is 1. The minimum atomic E-state index is -1.35. The number of hydrogen-bond acceptors (Lipinski definition) is 9. The third-order valence-electron chi connectivity index (χ3n) is 11.8. The average Bonchev–Trinajstić information content (AvgIpc) is 3.09. The summed E-state index contributed by atoms with van der Waals surface area (Å²) in [5.41, 5.74) is -2.39. The number of pyridine rings is 1. The van der Waals surface area contributed by atoms with Gasteiger partial charge in [-0.1, -0.05) is 32.0 Å². The van der Waals surface area contributed by atoms with Gasteiger partial charge in [-0.05, 0) is 80.0 Å². The molecule has 2 aromatic carbocycles. The van der Waals surface area contributed by atoms with Crippen molar-refractivity contribution in [2.24, 2.45) is 22.7 Å². The maximum Gasteiger partial charge on any atom is 0.345 e. The zero-order valence-electron chi connectivity index (χ0n) is 27.8. The molecule has 0 unspecified atom stereocenters. The lowest BCUT2D eigenvalue weighted by atomic mass is 9.42. The highest BCUT2D eigenvalue weighted by Gasteiger charge is 2.71. The van der Waals surface area contributed by atoms with Crippen molar-refractivity contribution in [3.05, 3.63) is 118 Å². The predicted octanol–water partition coefficient (Wildman–Crippen LogP) is 6.95. The maximum atomic E-state index is 14.8. The summed E-state index contributed by atoms with van der Waals surface area (Å²) in [5, 5.41) is 12.3. The Bertz CT molecular complexity index is 2010. The van der Waals surface area contributed by atoms with Gasteiger partial charge in [0.25, 0.3) is 0 Å². The molecule has 2 aliphatic carbocycles. The monoisotopic (exact) mass is 685 g/mol. The van der Waals surface area contributed by atoms with Gasteiger partial charge in [-0.25, -0.2) is 18.4 Å². The molecule has 1 saturated heterocycles. The molecule has 0 bridgehead atoms. The first-order valence-electron chi connectivity index (χ1n) is 16.9. The van der Waals surface area contributed by atoms with Crippen LogP contribution in [0.2, 0.25) is 0 Å². The normalized spacial score (nSPS) is 34.3. The van der Waals surface area contributed by atoms with Crippen LogP contribution in [0.4, 0.5) is 8.78 Å². The van der Waals surface area contributed by atoms with Crippen LogP contribution in [0, 0.1) is 34.3 Å². The summed E-state index contributed by atoms with van der Waals surface area (Å²) >= 11 is 0. The van der Waals surface area contributed by atoms with Crippen LogP contribution in [0.3, 0.4) is 0 Å². The minimum absolute atomic E-state index is 0.00589. The topological polar surface area (TPSA) is 117 Å². The highest BCUT2D eigenvalue weighted by atomic mass is 19.1. The number of carbonyl (C=O) groups is 1. The Morgan fingerprint density at radius 1 is 1.02 bits per heavy atom. The summed E-state index contributed by atoms with van der Waals surface area (Å²) in [6, 6.07) is 16.5. The van der Waals surface area contributed by atoms with Gasteiger partial charge in [0.1, 0.15) is 40.4 Å². The van der Waals surface area contributed by atoms with Crippen LogP contribution in [0.1, 0.15) is 73.9 Å². The molecule has 50 heavy (non-hydrogen) atoms. The molecule has 260 valence electrons. The Kier molecular flexibility index (Phi) is 7.74. The second kappa shape index (κ2) is 11.8. The highest BCUT2D eigenvalue weighted by Crippen LogP contribution is 2.68. The highest BCUT2D eigenvalue weighted by molar-refractivity contribution is 5.89. The molecule has 2 saturated carbocycles. The standard InChI is InChI=1S/C39H37F2NO8/c1-37-15-14-29-38(2,20-46-36(49-29)24-8-4-5-9-25(24)41)28(37)18-30(48-34(44)21-10-12-23(40)13-11-21)39(3)33(37)32(43)31-27(50-39)17-26(47-35(31)45)22-7-6-16-42-19-22/h4-13,16-17,19,28-30,32-33,36,43H,14-15,18,20H2,1-3H3/t28-,29+,30+,32+,33-,36-,37+,38+,39-/m1/s1. The SMILES string of the molecule is C[C@@]12CO[C@@H](c3ccccc3F)O[C@H]1CC[C@@]1(C)[C@H]2C[C@H](OC(=O)c2ccc(F)cc2)[C@@]2(C)Oc3cc(-c4cccnc4)oc(=O)c3[C@H](O)[C@H]12. The van der Waals surface area contributed by atoms with E-state index in [2.05, 4.69) is 18.8 Å². The number of aliphatic hydroxyl groups is 1. The van der Waals surface area contributed by atoms with E-state index in [9.17, 15) is 23.5 Å². The molecule has 2 aromatic heterocycles. The number of carbonyl (C=O) groups excluding carboxylic acids is 1. The summed E-state index contributed by atoms with van der Waals surface area (Å²) in [6.45, 7) is 6.15. The number of fused-ring (bicyclic) bond motifs is 6. The summed E-state index contributed by atoms with van der Waals surface area (Å²) in [6.07, 6.45) is 1.07. The zero-order chi connectivity index (χ0) is 35.0. The van der Waals surface area contributed by atoms with Gasteiger partial charge in [0.05, 0.1) is 24.4 Å². The summed E-state index contributed by atoms with van der Waals surface area (Å²) in [4.78, 5) is 31.5. The number of nitrogens with zero attached hydrogens (tertiary/aromatic N) is 1. The van der Waals surface area contributed by atoms with E-state index >= 15 is 0 Å². The Labute approximate surface area is 287 Å². The van der Waals surface area contributed by atoms with Crippen LogP contribution in [0.5, 0.6) is 5.75 Å². The van der Waals surface area contributed by atoms with E-state index in [4.69, 9.17) is 23.4 Å². The van der Waals surface area contributed by atoms with Crippen molar-refractivity contribution in [2.45, 2.75) is 70.2 Å². The van der Waals surface area contributed by atoms with Crippen LogP contribution in [0.25, 0.3) is 11.3 Å². The molecule has 8 rings (SSSR count). The molecule has 4 aliphatic rings. The van der Waals surface area contributed by atoms with Crippen LogP contribution in [-0.2, 0) is 14.2 Å². The van der Waals surface area contributed by atoms with Gasteiger partial charge in [-0.3, -0.25) is 4.98 Å². The Morgan fingerprint density at radius 3 is 2.54 bits per heavy atom. The summed E-state index contributed by atoms with van der Waals surface area (Å²) < 4.78 is 60.1. The number of esters is 1. The molecule has 11 heteroatoms. The second-order valence-corrected chi connectivity index (χ2v) is 14.7. The molecule has 9 nitrogen and oxygen atoms in total. The molecule has 0 amide bonds. The van der Waals surface area contributed by atoms with Gasteiger partial charge in [-0.2, -0.15) is 0 Å². The van der Waals surface area contributed by atoms with Gasteiger partial charge < -0.3 is 28.5 Å². The third kappa shape index (κ3) is 5.00. The quantitative estimate of drug-likeness (QED) is 0.228. The fourth-order valence-electron chi connectivity index (χ4n) is 9.47. The first-order valence-corrected chi connectivity index (χ1v) is 16.9. The van der Waals surface area contributed by atoms with Crippen molar-refractivity contribution in [3.63, 3.8) is 0 Å². The number of rotatable bonds is 4. The predicted molar refractivity (Wildman–Crippen MR) is 175 cm³/mol. The first-order chi connectivity index (χ1) is 23.9. The first kappa shape index (κ1) is 32.7. The van der Waals surface area contributed by atoms with Crippen LogP contribution in [0.15, 0.2) is 88.3 Å². The van der Waals surface area contributed by atoms with E-state index in [1.54, 1.807) is 48.8 Å². The Morgan fingerprint density at radius 2 is 1.80 bits per heavy atom. The van der Waals surface area contributed by atoms with Crippen LogP contribution in [-0.4, -0.2) is 40.5 Å². The summed E-state index contributed by atoms with van der Waals surface area (Å²) in [5.74, 6) is -2.28. The van der Waals surface area contributed by atoms with Gasteiger partial charge in [-0.15, -0.1) is 0 Å². The minimum Gasteiger partial charge on any atom is -0.482 e. The van der Waals surface area contributed by atoms with Gasteiger partial charge >= 0.3 is 11.6 Å². The van der Waals surface area contributed by atoms with E-state index in [-0.39, 0.29) is 41.3 Å². The number of halogens is 2. The van der Waals surface area contributed by atoms with Crippen molar-refractivity contribution in [1.82, 2.24) is 4.98 Å². The average molecular weight is 686 g/mol. The largest absolute Gasteiger partial charge is 0.482 e. The molecule has 1 N–H and O–H groups in total. The fraction of sp³-hybridized carbons (Fsp3) is 0.410. The second-order valence-electron chi connectivity index (χ2n) is 14.7. The molecular weight excluding hydrogens is 648 g/mol. The molecule has 9 atom stereocenters. The van der Waals surface area contributed by atoms with E-state index in [1.165, 1.54) is 30.3 Å². The summed E-state index contributed by atoms with van der Waals surface area (Å²) in [7, 11) is 0. The van der Waals surface area contributed by atoms with Gasteiger partial charge in [0, 0.05) is 40.9 Å². The number of aliphatic hydroxyl groups excluding tert-OH is 1. The van der Waals surface area contributed by atoms with Crippen LogP contribution >= 0.6 is 0 Å². The molecular formula is C39H37F2NO8. The van der Waals surface area contributed by atoms with E-state index in [1.807, 2.05) is 6.92 Å². The van der Waals surface area contributed by atoms with Crippen molar-refractivity contribution >= 4 is 5.97 Å². The molecule has 4 aromatic rings. The number of benzene rings is 2. The lowest BCUT2D eigenvalue weighted by Crippen LogP contribution is -2.72. The number of ether oxygens (including phenoxy) is 4. The van der Waals surface area contributed by atoms with Crippen LogP contribution < -0.4 is 10.4 Å². The van der Waals surface area contributed by atoms with E-state index in [0.717, 1.165) is 0 Å². The maximum absolute atomic E-state index is 14.8. The zero-order valence-corrected chi connectivity index (χ0v) is 27.8. The smallest absolute Gasteiger partial charge is 0.345 e. The van der Waals surface area contributed by atoms with Crippen molar-refractivity contribution in [1.29, 1.82) is 0 Å². The fourth-order valence-corrected chi connectivity index (χ4v) is 9.47.